The standard InChI is InChI=1S/C22H19FN2O6S2/c1-2-24-17-13-15(33(28,29)30)7-9-19(17)32-21(24)5-3-4-20-25(11-10-22(26)27)16-12-14(23)6-8-18(16)31-20/h3-9,12-13H,2,10-11H2,1H3,(H-,26,27,28,29,30). The topological polar surface area (TPSA) is 111 Å². The average molecular weight is 491 g/mol. The van der Waals surface area contributed by atoms with Crippen LogP contribution in [0.25, 0.3) is 16.3 Å². The summed E-state index contributed by atoms with van der Waals surface area (Å²) < 4.78 is 56.4. The van der Waals surface area contributed by atoms with Crippen LogP contribution in [0.2, 0.25) is 0 Å². The number of ether oxygens (including phenoxy) is 1. The van der Waals surface area contributed by atoms with Crippen molar-refractivity contribution in [3.63, 3.8) is 0 Å². The number of anilines is 1. The molecule has 1 aromatic heterocycles. The highest BCUT2D eigenvalue weighted by Crippen LogP contribution is 2.39. The molecular formula is C22H19FN2O6S2. The minimum absolute atomic E-state index is 0.107. The predicted octanol–water partition coefficient (Wildman–Crippen LogP) is 3.48. The number of hydrogen-bond donors (Lipinski definition) is 1. The molecule has 0 saturated carbocycles. The van der Waals surface area contributed by atoms with Gasteiger partial charge in [0.1, 0.15) is 27.2 Å². The molecule has 172 valence electrons. The maximum absolute atomic E-state index is 13.7. The first-order valence-corrected chi connectivity index (χ1v) is 12.2. The number of rotatable bonds is 7. The van der Waals surface area contributed by atoms with Gasteiger partial charge in [-0.05, 0) is 43.3 Å². The van der Waals surface area contributed by atoms with Crippen molar-refractivity contribution in [3.05, 3.63) is 65.3 Å². The molecule has 0 spiro atoms. The van der Waals surface area contributed by atoms with Gasteiger partial charge in [0.25, 0.3) is 5.01 Å². The fraction of sp³-hybridized carbons (Fsp3) is 0.182. The van der Waals surface area contributed by atoms with Gasteiger partial charge in [0.05, 0.1) is 17.0 Å². The second kappa shape index (κ2) is 8.93. The molecule has 2 heterocycles. The highest BCUT2D eigenvalue weighted by atomic mass is 32.2. The SMILES string of the molecule is CC[n+]1c(C=CC=C2Oc3ccc(F)cc3N2CCC(=O)O)sc2ccc(S(=O)(=O)[O-])cc21. The lowest BCUT2D eigenvalue weighted by atomic mass is 10.2. The Morgan fingerprint density at radius 2 is 2.09 bits per heavy atom. The molecule has 0 aliphatic carbocycles. The molecule has 0 bridgehead atoms. The van der Waals surface area contributed by atoms with Crippen molar-refractivity contribution in [2.75, 3.05) is 11.4 Å². The zero-order valence-electron chi connectivity index (χ0n) is 17.4. The van der Waals surface area contributed by atoms with Crippen molar-refractivity contribution in [3.8, 4) is 5.75 Å². The Morgan fingerprint density at radius 1 is 1.30 bits per heavy atom. The number of aromatic nitrogens is 1. The summed E-state index contributed by atoms with van der Waals surface area (Å²) in [6, 6.07) is 8.31. The van der Waals surface area contributed by atoms with E-state index in [1.54, 1.807) is 29.2 Å². The van der Waals surface area contributed by atoms with Crippen LogP contribution in [0.15, 0.2) is 59.3 Å². The number of fused-ring (bicyclic) bond motifs is 2. The molecule has 3 aromatic rings. The van der Waals surface area contributed by atoms with Crippen molar-refractivity contribution in [1.29, 1.82) is 0 Å². The molecule has 8 nitrogen and oxygen atoms in total. The van der Waals surface area contributed by atoms with Crippen molar-refractivity contribution in [2.24, 2.45) is 0 Å². The molecule has 2 aromatic carbocycles. The van der Waals surface area contributed by atoms with Gasteiger partial charge in [-0.15, -0.1) is 0 Å². The fourth-order valence-electron chi connectivity index (χ4n) is 3.54. The number of thiazole rings is 1. The average Bonchev–Trinajstić information content (AvgIpc) is 3.27. The zero-order valence-corrected chi connectivity index (χ0v) is 19.0. The minimum Gasteiger partial charge on any atom is -0.744 e. The molecule has 0 radical (unpaired) electrons. The largest absolute Gasteiger partial charge is 0.744 e. The second-order valence-electron chi connectivity index (χ2n) is 7.14. The molecule has 1 aliphatic heterocycles. The van der Waals surface area contributed by atoms with E-state index >= 15 is 0 Å². The minimum atomic E-state index is -4.56. The van der Waals surface area contributed by atoms with Crippen LogP contribution in [0.5, 0.6) is 5.75 Å². The summed E-state index contributed by atoms with van der Waals surface area (Å²) in [5.74, 6) is -0.651. The summed E-state index contributed by atoms with van der Waals surface area (Å²) in [5.41, 5.74) is 1.09. The van der Waals surface area contributed by atoms with Gasteiger partial charge in [-0.2, -0.15) is 4.57 Å². The number of carboxylic acid groups (broad SMARTS) is 1. The highest BCUT2D eigenvalue weighted by molar-refractivity contribution is 7.85. The number of carbonyl (C=O) groups is 1. The van der Waals surface area contributed by atoms with Gasteiger partial charge in [-0.3, -0.25) is 4.79 Å². The number of nitrogens with zero attached hydrogens (tertiary/aromatic N) is 2. The quantitative estimate of drug-likeness (QED) is 0.399. The zero-order chi connectivity index (χ0) is 23.8. The molecule has 1 aliphatic rings. The van der Waals surface area contributed by atoms with Crippen molar-refractivity contribution in [2.45, 2.75) is 24.8 Å². The molecule has 0 fully saturated rings. The van der Waals surface area contributed by atoms with E-state index in [0.29, 0.717) is 29.4 Å². The Balaban J connectivity index is 1.67. The third-order valence-corrected chi connectivity index (χ3v) is 6.99. The third-order valence-electron chi connectivity index (χ3n) is 5.03. The Bertz CT molecular complexity index is 1410. The predicted molar refractivity (Wildman–Crippen MR) is 119 cm³/mol. The monoisotopic (exact) mass is 490 g/mol. The van der Waals surface area contributed by atoms with Crippen LogP contribution in [0.3, 0.4) is 0 Å². The number of allylic oxidation sites excluding steroid dienone is 2. The first kappa shape index (κ1) is 22.9. The van der Waals surface area contributed by atoms with Crippen LogP contribution < -0.4 is 14.2 Å². The molecule has 1 N–H and O–H groups in total. The summed E-state index contributed by atoms with van der Waals surface area (Å²) in [4.78, 5) is 12.4. The summed E-state index contributed by atoms with van der Waals surface area (Å²) in [6.07, 6.45) is 5.01. The number of hydrogen-bond acceptors (Lipinski definition) is 7. The van der Waals surface area contributed by atoms with E-state index in [1.807, 2.05) is 11.5 Å². The summed E-state index contributed by atoms with van der Waals surface area (Å²) in [7, 11) is -4.56. The van der Waals surface area contributed by atoms with E-state index in [4.69, 9.17) is 9.84 Å². The highest BCUT2D eigenvalue weighted by Gasteiger charge is 2.27. The van der Waals surface area contributed by atoms with Gasteiger partial charge in [0.2, 0.25) is 11.4 Å². The Labute approximate surface area is 193 Å². The van der Waals surface area contributed by atoms with Gasteiger partial charge in [0, 0.05) is 24.8 Å². The van der Waals surface area contributed by atoms with Crippen LogP contribution in [0.1, 0.15) is 18.4 Å². The molecule has 0 atom stereocenters. The number of aliphatic carboxylic acids is 1. The molecule has 11 heteroatoms. The van der Waals surface area contributed by atoms with Crippen molar-refractivity contribution >= 4 is 49.4 Å². The van der Waals surface area contributed by atoms with E-state index < -0.39 is 21.9 Å². The van der Waals surface area contributed by atoms with E-state index in [-0.39, 0.29) is 17.9 Å². The van der Waals surface area contributed by atoms with Crippen LogP contribution in [-0.2, 0) is 21.5 Å². The van der Waals surface area contributed by atoms with E-state index in [9.17, 15) is 22.2 Å². The third kappa shape index (κ3) is 4.75. The normalized spacial score (nSPS) is 14.9. The number of benzene rings is 2. The second-order valence-corrected chi connectivity index (χ2v) is 9.58. The molecule has 0 amide bonds. The molecular weight excluding hydrogens is 471 g/mol. The Kier molecular flexibility index (Phi) is 6.19. The van der Waals surface area contributed by atoms with Crippen molar-refractivity contribution < 1.29 is 36.6 Å². The summed E-state index contributed by atoms with van der Waals surface area (Å²) >= 11 is 1.42. The van der Waals surface area contributed by atoms with Gasteiger partial charge < -0.3 is 19.3 Å². The molecule has 4 rings (SSSR count). The van der Waals surface area contributed by atoms with Crippen molar-refractivity contribution in [1.82, 2.24) is 0 Å². The molecule has 0 unspecified atom stereocenters. The lowest BCUT2D eigenvalue weighted by Crippen LogP contribution is -2.33. The van der Waals surface area contributed by atoms with E-state index in [1.165, 1.54) is 41.7 Å². The maximum atomic E-state index is 13.7. The van der Waals surface area contributed by atoms with Crippen LogP contribution in [-0.4, -0.2) is 30.6 Å². The molecule has 0 saturated heterocycles. The fourth-order valence-corrected chi connectivity index (χ4v) is 5.15. The van der Waals surface area contributed by atoms with E-state index in [2.05, 4.69) is 0 Å². The van der Waals surface area contributed by atoms with Crippen LogP contribution >= 0.6 is 11.3 Å². The van der Waals surface area contributed by atoms with Gasteiger partial charge in [-0.25, -0.2) is 12.8 Å². The van der Waals surface area contributed by atoms with Crippen LogP contribution in [0, 0.1) is 5.82 Å². The lowest BCUT2D eigenvalue weighted by Gasteiger charge is -2.16. The van der Waals surface area contributed by atoms with E-state index in [0.717, 1.165) is 9.71 Å². The summed E-state index contributed by atoms with van der Waals surface area (Å²) in [5, 5.41) is 9.86. The first-order chi connectivity index (χ1) is 15.7. The number of aryl methyl sites for hydroxylation is 1. The van der Waals surface area contributed by atoms with Gasteiger partial charge in [0.15, 0.2) is 5.75 Å². The molecule has 33 heavy (non-hydrogen) atoms. The number of halogens is 1. The Hall–Kier alpha value is -3.28. The Morgan fingerprint density at radius 3 is 2.79 bits per heavy atom. The smallest absolute Gasteiger partial charge is 0.305 e. The number of carboxylic acids is 1. The maximum Gasteiger partial charge on any atom is 0.305 e. The lowest BCUT2D eigenvalue weighted by molar-refractivity contribution is -0.665. The summed E-state index contributed by atoms with van der Waals surface area (Å²) in [6.45, 7) is 2.56. The first-order valence-electron chi connectivity index (χ1n) is 9.94. The van der Waals surface area contributed by atoms with Gasteiger partial charge >= 0.3 is 5.97 Å². The van der Waals surface area contributed by atoms with Gasteiger partial charge in [-0.1, -0.05) is 11.3 Å². The van der Waals surface area contributed by atoms with Crippen LogP contribution in [0.4, 0.5) is 10.1 Å².